The number of fused-ring (bicyclic) bond motifs is 3. The molecule has 2 aliphatic heterocycles. The highest BCUT2D eigenvalue weighted by molar-refractivity contribution is 7.10. The van der Waals surface area contributed by atoms with Gasteiger partial charge >= 0.3 is 0 Å². The fraction of sp³-hybridized carbons (Fsp3) is 0.167. The average Bonchev–Trinajstić information content (AvgIpc) is 3.44. The second kappa shape index (κ2) is 6.57. The summed E-state index contributed by atoms with van der Waals surface area (Å²) in [5.74, 6) is 1.64. The van der Waals surface area contributed by atoms with Crippen molar-refractivity contribution in [3.05, 3.63) is 99.0 Å². The molecule has 2 aromatic carbocycles. The minimum Gasteiger partial charge on any atom is -0.480 e. The van der Waals surface area contributed by atoms with E-state index in [2.05, 4.69) is 89.2 Å². The quantitative estimate of drug-likeness (QED) is 0.471. The van der Waals surface area contributed by atoms with Crippen LogP contribution in [0.5, 0.6) is 5.75 Å². The number of anilines is 1. The van der Waals surface area contributed by atoms with Crippen LogP contribution in [0.3, 0.4) is 0 Å². The van der Waals surface area contributed by atoms with E-state index in [-0.39, 0.29) is 12.1 Å². The number of nitrogens with zero attached hydrogens (tertiary/aromatic N) is 3. The third-order valence-electron chi connectivity index (χ3n) is 5.76. The lowest BCUT2D eigenvalue weighted by Gasteiger charge is -2.38. The van der Waals surface area contributed by atoms with Crippen molar-refractivity contribution < 1.29 is 4.74 Å². The molecule has 1 N–H and O–H groups in total. The summed E-state index contributed by atoms with van der Waals surface area (Å²) in [7, 11) is 0. The Morgan fingerprint density at radius 2 is 1.87 bits per heavy atom. The Kier molecular flexibility index (Phi) is 3.83. The van der Waals surface area contributed by atoms with E-state index in [0.717, 1.165) is 34.1 Å². The Morgan fingerprint density at radius 3 is 2.67 bits per heavy atom. The van der Waals surface area contributed by atoms with Crippen molar-refractivity contribution in [1.82, 2.24) is 14.8 Å². The van der Waals surface area contributed by atoms with E-state index in [1.54, 1.807) is 17.7 Å². The first-order chi connectivity index (χ1) is 14.7. The van der Waals surface area contributed by atoms with Crippen molar-refractivity contribution in [1.29, 1.82) is 0 Å². The molecule has 0 aliphatic carbocycles. The third kappa shape index (κ3) is 2.60. The number of nitrogens with one attached hydrogen (secondary N) is 1. The Morgan fingerprint density at radius 1 is 1.03 bits per heavy atom. The van der Waals surface area contributed by atoms with Crippen LogP contribution in [0.15, 0.2) is 71.9 Å². The maximum atomic E-state index is 6.65. The molecule has 4 heterocycles. The van der Waals surface area contributed by atoms with Crippen molar-refractivity contribution in [2.75, 3.05) is 5.32 Å². The molecule has 0 bridgehead atoms. The number of aryl methyl sites for hydroxylation is 2. The molecule has 0 unspecified atom stereocenters. The number of ether oxygens (including phenoxy) is 1. The molecule has 0 amide bonds. The summed E-state index contributed by atoms with van der Waals surface area (Å²) < 4.78 is 8.62. The molecular weight excluding hydrogens is 392 g/mol. The normalized spacial score (nSPS) is 19.4. The van der Waals surface area contributed by atoms with Gasteiger partial charge in [0, 0.05) is 16.0 Å². The molecule has 0 radical (unpaired) electrons. The Bertz CT molecular complexity index is 1270. The fourth-order valence-corrected chi connectivity index (χ4v) is 5.15. The highest BCUT2D eigenvalue weighted by Crippen LogP contribution is 2.51. The highest BCUT2D eigenvalue weighted by Gasteiger charge is 2.41. The van der Waals surface area contributed by atoms with E-state index in [0.29, 0.717) is 0 Å². The van der Waals surface area contributed by atoms with Gasteiger partial charge in [0.2, 0.25) is 5.95 Å². The van der Waals surface area contributed by atoms with Gasteiger partial charge in [-0.05, 0) is 43.0 Å². The summed E-state index contributed by atoms with van der Waals surface area (Å²) in [4.78, 5) is 5.70. The largest absolute Gasteiger partial charge is 0.480 e. The molecule has 30 heavy (non-hydrogen) atoms. The van der Waals surface area contributed by atoms with Gasteiger partial charge in [-0.3, -0.25) is 0 Å². The third-order valence-corrected chi connectivity index (χ3v) is 6.69. The molecule has 0 fully saturated rings. The highest BCUT2D eigenvalue weighted by atomic mass is 32.1. The summed E-state index contributed by atoms with van der Waals surface area (Å²) in [6.45, 7) is 4.21. The van der Waals surface area contributed by atoms with E-state index < -0.39 is 0 Å². The molecule has 4 aromatic rings. The Hall–Kier alpha value is -3.38. The van der Waals surface area contributed by atoms with Crippen molar-refractivity contribution in [2.24, 2.45) is 0 Å². The summed E-state index contributed by atoms with van der Waals surface area (Å²) in [6.07, 6.45) is 1.40. The molecule has 6 rings (SSSR count). The topological polar surface area (TPSA) is 52.0 Å². The van der Waals surface area contributed by atoms with Crippen molar-refractivity contribution in [2.45, 2.75) is 26.0 Å². The number of aromatic nitrogens is 3. The zero-order valence-corrected chi connectivity index (χ0v) is 17.5. The smallest absolute Gasteiger partial charge is 0.226 e. The van der Waals surface area contributed by atoms with E-state index in [1.165, 1.54) is 16.0 Å². The molecule has 5 nitrogen and oxygen atoms in total. The SMILES string of the molecule is Cc1ccc([C@H]2Oc3ccc(C)cc3C3=C2[C@H](c2cccs2)n2ncnc2N3)cc1. The summed E-state index contributed by atoms with van der Waals surface area (Å²) in [5.41, 5.74) is 6.87. The van der Waals surface area contributed by atoms with Crippen LogP contribution in [0.25, 0.3) is 5.70 Å². The lowest BCUT2D eigenvalue weighted by molar-refractivity contribution is 0.223. The van der Waals surface area contributed by atoms with Gasteiger partial charge in [-0.2, -0.15) is 10.1 Å². The Balaban J connectivity index is 1.63. The molecule has 6 heteroatoms. The lowest BCUT2D eigenvalue weighted by atomic mass is 9.86. The van der Waals surface area contributed by atoms with Crippen LogP contribution in [0.4, 0.5) is 5.95 Å². The predicted molar refractivity (Wildman–Crippen MR) is 119 cm³/mol. The first kappa shape index (κ1) is 17.5. The van der Waals surface area contributed by atoms with E-state index in [4.69, 9.17) is 4.74 Å². The zero-order chi connectivity index (χ0) is 20.2. The number of thiophene rings is 1. The van der Waals surface area contributed by atoms with Gasteiger partial charge in [-0.15, -0.1) is 11.3 Å². The monoisotopic (exact) mass is 412 g/mol. The van der Waals surface area contributed by atoms with Crippen molar-refractivity contribution in [3.63, 3.8) is 0 Å². The summed E-state index contributed by atoms with van der Waals surface area (Å²) in [6, 6.07) is 19.1. The van der Waals surface area contributed by atoms with Gasteiger partial charge < -0.3 is 10.1 Å². The van der Waals surface area contributed by atoms with Crippen molar-refractivity contribution >= 4 is 23.0 Å². The average molecular weight is 413 g/mol. The van der Waals surface area contributed by atoms with Gasteiger partial charge in [0.25, 0.3) is 0 Å². The van der Waals surface area contributed by atoms with Crippen LogP contribution >= 0.6 is 11.3 Å². The summed E-state index contributed by atoms with van der Waals surface area (Å²) >= 11 is 1.73. The van der Waals surface area contributed by atoms with Crippen molar-refractivity contribution in [3.8, 4) is 5.75 Å². The van der Waals surface area contributed by atoms with Gasteiger partial charge in [-0.1, -0.05) is 47.5 Å². The number of benzene rings is 2. The van der Waals surface area contributed by atoms with Crippen LogP contribution in [-0.2, 0) is 0 Å². The lowest BCUT2D eigenvalue weighted by Crippen LogP contribution is -2.32. The van der Waals surface area contributed by atoms with E-state index in [9.17, 15) is 0 Å². The van der Waals surface area contributed by atoms with Crippen LogP contribution in [0, 0.1) is 13.8 Å². The number of hydrogen-bond acceptors (Lipinski definition) is 5. The second-order valence-electron chi connectivity index (χ2n) is 7.81. The molecule has 2 atom stereocenters. The maximum Gasteiger partial charge on any atom is 0.226 e. The molecular formula is C24H20N4OS. The standard InChI is InChI=1S/C24H20N4OS/c1-14-5-8-16(9-6-14)23-20-21(17-12-15(2)7-10-18(17)29-23)27-24-25-13-26-28(24)22(20)19-4-3-11-30-19/h3-13,22-23H,1-2H3,(H,25,26,27)/t22-,23+/m0/s1. The number of hydrogen-bond donors (Lipinski definition) is 1. The van der Waals surface area contributed by atoms with Crippen LogP contribution in [-0.4, -0.2) is 14.8 Å². The molecule has 2 aromatic heterocycles. The van der Waals surface area contributed by atoms with Crippen LogP contribution < -0.4 is 10.1 Å². The predicted octanol–water partition coefficient (Wildman–Crippen LogP) is 5.52. The van der Waals surface area contributed by atoms with E-state index >= 15 is 0 Å². The minimum absolute atomic E-state index is 0.0706. The Labute approximate surface area is 178 Å². The van der Waals surface area contributed by atoms with Gasteiger partial charge in [0.1, 0.15) is 24.2 Å². The zero-order valence-electron chi connectivity index (χ0n) is 16.7. The van der Waals surface area contributed by atoms with Gasteiger partial charge in [0.05, 0.1) is 5.70 Å². The molecule has 2 aliphatic rings. The first-order valence-corrected chi connectivity index (χ1v) is 10.9. The fourth-order valence-electron chi connectivity index (χ4n) is 4.32. The summed E-state index contributed by atoms with van der Waals surface area (Å²) in [5, 5.41) is 10.2. The van der Waals surface area contributed by atoms with Crippen LogP contribution in [0.1, 0.15) is 39.3 Å². The maximum absolute atomic E-state index is 6.65. The number of rotatable bonds is 2. The minimum atomic E-state index is -0.215. The van der Waals surface area contributed by atoms with Gasteiger partial charge in [0.15, 0.2) is 0 Å². The van der Waals surface area contributed by atoms with Crippen LogP contribution in [0.2, 0.25) is 0 Å². The van der Waals surface area contributed by atoms with E-state index in [1.807, 2.05) is 4.68 Å². The molecule has 0 saturated carbocycles. The second-order valence-corrected chi connectivity index (χ2v) is 8.79. The molecule has 0 spiro atoms. The molecule has 0 saturated heterocycles. The van der Waals surface area contributed by atoms with Gasteiger partial charge in [-0.25, -0.2) is 4.68 Å². The molecule has 148 valence electrons. The first-order valence-electron chi connectivity index (χ1n) is 9.97.